The number of nitrogens with zero attached hydrogens (tertiary/aromatic N) is 1. The molecule has 0 N–H and O–H groups in total. The fourth-order valence-corrected chi connectivity index (χ4v) is 4.52. The lowest BCUT2D eigenvalue weighted by molar-refractivity contribution is -0.0559. The zero-order valence-corrected chi connectivity index (χ0v) is 13.7. The predicted molar refractivity (Wildman–Crippen MR) is 82.5 cm³/mol. The first kappa shape index (κ1) is 16.3. The molecule has 2 unspecified atom stereocenters. The van der Waals surface area contributed by atoms with E-state index in [1.54, 1.807) is 0 Å². The summed E-state index contributed by atoms with van der Waals surface area (Å²) in [5.74, 6) is 0.961. The van der Waals surface area contributed by atoms with Crippen LogP contribution < -0.4 is 0 Å². The van der Waals surface area contributed by atoms with Crippen molar-refractivity contribution in [1.82, 2.24) is 4.90 Å². The van der Waals surface area contributed by atoms with Crippen LogP contribution in [0.25, 0.3) is 0 Å². The standard InChI is InChI=1S/C15H31NOS/c1-6-13(16-8-10-17-11-9-16)15(7-2,12-18)14(3,4)5/h13,18H,6-12H2,1-5H3. The Kier molecular flexibility index (Phi) is 6.01. The first-order chi connectivity index (χ1) is 8.43. The third-order valence-electron chi connectivity index (χ3n) is 4.92. The van der Waals surface area contributed by atoms with Gasteiger partial charge in [0, 0.05) is 19.1 Å². The van der Waals surface area contributed by atoms with E-state index in [0.29, 0.717) is 6.04 Å². The van der Waals surface area contributed by atoms with Gasteiger partial charge >= 0.3 is 0 Å². The van der Waals surface area contributed by atoms with Gasteiger partial charge in [-0.2, -0.15) is 12.6 Å². The molecule has 0 saturated carbocycles. The molecular formula is C15H31NOS. The molecule has 0 amide bonds. The SMILES string of the molecule is CCC(N1CCOCC1)C(CC)(CS)C(C)(C)C. The van der Waals surface area contributed by atoms with E-state index in [9.17, 15) is 0 Å². The van der Waals surface area contributed by atoms with Gasteiger partial charge in [-0.15, -0.1) is 0 Å². The van der Waals surface area contributed by atoms with Gasteiger partial charge in [0.15, 0.2) is 0 Å². The second kappa shape index (κ2) is 6.62. The highest BCUT2D eigenvalue weighted by Crippen LogP contribution is 2.48. The van der Waals surface area contributed by atoms with E-state index in [1.807, 2.05) is 0 Å². The van der Waals surface area contributed by atoms with Crippen molar-refractivity contribution in [3.05, 3.63) is 0 Å². The van der Waals surface area contributed by atoms with Crippen LogP contribution in [-0.2, 0) is 4.74 Å². The average Bonchev–Trinajstić information content (AvgIpc) is 2.35. The first-order valence-corrected chi connectivity index (χ1v) is 7.98. The largest absolute Gasteiger partial charge is 0.379 e. The smallest absolute Gasteiger partial charge is 0.0594 e. The topological polar surface area (TPSA) is 12.5 Å². The molecule has 0 aliphatic carbocycles. The minimum Gasteiger partial charge on any atom is -0.379 e. The Morgan fingerprint density at radius 2 is 1.72 bits per heavy atom. The summed E-state index contributed by atoms with van der Waals surface area (Å²) in [6.45, 7) is 15.7. The van der Waals surface area contributed by atoms with E-state index in [2.05, 4.69) is 39.5 Å². The fraction of sp³-hybridized carbons (Fsp3) is 1.00. The molecule has 0 radical (unpaired) electrons. The second-order valence-electron chi connectivity index (χ2n) is 6.49. The van der Waals surface area contributed by atoms with Crippen LogP contribution >= 0.6 is 12.6 Å². The van der Waals surface area contributed by atoms with Crippen LogP contribution in [0.5, 0.6) is 0 Å². The molecule has 1 aliphatic rings. The van der Waals surface area contributed by atoms with Crippen molar-refractivity contribution in [1.29, 1.82) is 0 Å². The van der Waals surface area contributed by atoms with Gasteiger partial charge in [0.05, 0.1) is 13.2 Å². The van der Waals surface area contributed by atoms with Crippen LogP contribution in [0.1, 0.15) is 47.5 Å². The normalized spacial score (nSPS) is 23.7. The number of ether oxygens (including phenoxy) is 1. The van der Waals surface area contributed by atoms with Gasteiger partial charge < -0.3 is 4.74 Å². The van der Waals surface area contributed by atoms with Gasteiger partial charge in [-0.25, -0.2) is 0 Å². The molecule has 2 nitrogen and oxygen atoms in total. The molecule has 0 aromatic carbocycles. The Labute approximate surface area is 119 Å². The van der Waals surface area contributed by atoms with Crippen LogP contribution in [0.2, 0.25) is 0 Å². The van der Waals surface area contributed by atoms with Crippen LogP contribution in [0.3, 0.4) is 0 Å². The first-order valence-electron chi connectivity index (χ1n) is 7.35. The highest BCUT2D eigenvalue weighted by atomic mass is 32.1. The number of thiol groups is 1. The van der Waals surface area contributed by atoms with Crippen LogP contribution in [0.15, 0.2) is 0 Å². The van der Waals surface area contributed by atoms with Crippen molar-refractivity contribution in [3.8, 4) is 0 Å². The minimum absolute atomic E-state index is 0.280. The van der Waals surface area contributed by atoms with Crippen molar-refractivity contribution in [3.63, 3.8) is 0 Å². The van der Waals surface area contributed by atoms with Gasteiger partial charge in [-0.05, 0) is 29.4 Å². The van der Waals surface area contributed by atoms with Gasteiger partial charge in [0.2, 0.25) is 0 Å². The third-order valence-corrected chi connectivity index (χ3v) is 5.48. The monoisotopic (exact) mass is 273 g/mol. The molecular weight excluding hydrogens is 242 g/mol. The van der Waals surface area contributed by atoms with Crippen molar-refractivity contribution in [2.75, 3.05) is 32.1 Å². The van der Waals surface area contributed by atoms with Gasteiger partial charge in [-0.1, -0.05) is 34.6 Å². The summed E-state index contributed by atoms with van der Waals surface area (Å²) >= 11 is 4.73. The second-order valence-corrected chi connectivity index (χ2v) is 6.81. The summed E-state index contributed by atoms with van der Waals surface area (Å²) in [6.07, 6.45) is 2.39. The Morgan fingerprint density at radius 1 is 1.17 bits per heavy atom. The van der Waals surface area contributed by atoms with Crippen LogP contribution in [0.4, 0.5) is 0 Å². The third kappa shape index (κ3) is 3.05. The zero-order valence-electron chi connectivity index (χ0n) is 12.8. The van der Waals surface area contributed by atoms with E-state index >= 15 is 0 Å². The van der Waals surface area contributed by atoms with E-state index in [1.165, 1.54) is 12.8 Å². The lowest BCUT2D eigenvalue weighted by Crippen LogP contribution is -2.57. The summed E-state index contributed by atoms with van der Waals surface area (Å²) in [7, 11) is 0. The molecule has 18 heavy (non-hydrogen) atoms. The molecule has 1 aliphatic heterocycles. The Balaban J connectivity index is 2.99. The Morgan fingerprint density at radius 3 is 2.06 bits per heavy atom. The molecule has 1 saturated heterocycles. The Bertz CT molecular complexity index is 239. The maximum absolute atomic E-state index is 5.50. The van der Waals surface area contributed by atoms with Gasteiger partial charge in [0.1, 0.15) is 0 Å². The average molecular weight is 273 g/mol. The highest BCUT2D eigenvalue weighted by molar-refractivity contribution is 7.80. The van der Waals surface area contributed by atoms with Crippen molar-refractivity contribution >= 4 is 12.6 Å². The molecule has 2 atom stereocenters. The molecule has 108 valence electrons. The zero-order chi connectivity index (χ0) is 13.8. The van der Waals surface area contributed by atoms with Gasteiger partial charge in [-0.3, -0.25) is 4.90 Å². The highest BCUT2D eigenvalue weighted by Gasteiger charge is 2.47. The number of morpholine rings is 1. The summed E-state index contributed by atoms with van der Waals surface area (Å²) < 4.78 is 5.50. The van der Waals surface area contributed by atoms with Gasteiger partial charge in [0.25, 0.3) is 0 Å². The van der Waals surface area contributed by atoms with Crippen molar-refractivity contribution < 1.29 is 4.74 Å². The van der Waals surface area contributed by atoms with E-state index in [-0.39, 0.29) is 10.8 Å². The Hall–Kier alpha value is 0.270. The van der Waals surface area contributed by atoms with E-state index < -0.39 is 0 Å². The van der Waals surface area contributed by atoms with Crippen LogP contribution in [0, 0.1) is 10.8 Å². The molecule has 1 fully saturated rings. The lowest BCUT2D eigenvalue weighted by atomic mass is 9.60. The van der Waals surface area contributed by atoms with E-state index in [4.69, 9.17) is 17.4 Å². The molecule has 0 bridgehead atoms. The van der Waals surface area contributed by atoms with E-state index in [0.717, 1.165) is 32.1 Å². The molecule has 0 aromatic rings. The molecule has 3 heteroatoms. The molecule has 1 heterocycles. The number of hydrogen-bond acceptors (Lipinski definition) is 3. The quantitative estimate of drug-likeness (QED) is 0.770. The molecule has 0 spiro atoms. The minimum atomic E-state index is 0.280. The maximum Gasteiger partial charge on any atom is 0.0594 e. The molecule has 0 aromatic heterocycles. The summed E-state index contributed by atoms with van der Waals surface area (Å²) in [4.78, 5) is 2.63. The number of rotatable bonds is 5. The molecule has 1 rings (SSSR count). The summed E-state index contributed by atoms with van der Waals surface area (Å²) in [6, 6.07) is 0.615. The van der Waals surface area contributed by atoms with Crippen molar-refractivity contribution in [2.45, 2.75) is 53.5 Å². The van der Waals surface area contributed by atoms with Crippen LogP contribution in [-0.4, -0.2) is 43.0 Å². The maximum atomic E-state index is 5.50. The lowest BCUT2D eigenvalue weighted by Gasteiger charge is -2.53. The fourth-order valence-electron chi connectivity index (χ4n) is 3.61. The summed E-state index contributed by atoms with van der Waals surface area (Å²) in [5, 5.41) is 0. The summed E-state index contributed by atoms with van der Waals surface area (Å²) in [5.41, 5.74) is 0.560. The van der Waals surface area contributed by atoms with Crippen molar-refractivity contribution in [2.24, 2.45) is 10.8 Å². The number of hydrogen-bond donors (Lipinski definition) is 1. The predicted octanol–water partition coefficient (Wildman–Crippen LogP) is 3.47.